The van der Waals surface area contributed by atoms with E-state index in [0.29, 0.717) is 40.3 Å². The van der Waals surface area contributed by atoms with Crippen LogP contribution in [0.25, 0.3) is 0 Å². The van der Waals surface area contributed by atoms with Crippen molar-refractivity contribution >= 4 is 46.6 Å². The quantitative estimate of drug-likeness (QED) is 0.199. The lowest BCUT2D eigenvalue weighted by atomic mass is 9.54. The molecule has 8 rings (SSSR count). The Hall–Kier alpha value is -4.13. The van der Waals surface area contributed by atoms with E-state index < -0.39 is 45.3 Å². The van der Waals surface area contributed by atoms with Crippen LogP contribution in [0.2, 0.25) is 0 Å². The number of benzene rings is 4. The molecular formula is C35H28Cl2N2O4. The highest BCUT2D eigenvalue weighted by Gasteiger charge is 2.73. The SMILES string of the molecule is CCOc1ccccc1NC(=O)[C@H](Cc1ccccc1)N1C(=O)[C@@H]2[C@H](C1=O)C1(Cl)c3ccccc3C2(Cl)c2ccccc21. The molecule has 1 heterocycles. The fourth-order valence-corrected chi connectivity index (χ4v) is 8.30. The van der Waals surface area contributed by atoms with Gasteiger partial charge < -0.3 is 10.1 Å². The summed E-state index contributed by atoms with van der Waals surface area (Å²) in [5.74, 6) is -3.02. The van der Waals surface area contributed by atoms with Crippen LogP contribution >= 0.6 is 23.2 Å². The third-order valence-corrected chi connectivity index (χ3v) is 10.2. The number of ether oxygens (including phenoxy) is 1. The monoisotopic (exact) mass is 610 g/mol. The van der Waals surface area contributed by atoms with Gasteiger partial charge in [-0.25, -0.2) is 0 Å². The first-order valence-electron chi connectivity index (χ1n) is 14.3. The molecule has 6 nitrogen and oxygen atoms in total. The molecule has 4 aromatic carbocycles. The van der Waals surface area contributed by atoms with E-state index in [1.165, 1.54) is 0 Å². The molecule has 3 atom stereocenters. The number of carbonyl (C=O) groups excluding carboxylic acids is 3. The molecule has 0 aromatic heterocycles. The van der Waals surface area contributed by atoms with E-state index in [4.69, 9.17) is 27.9 Å². The van der Waals surface area contributed by atoms with Gasteiger partial charge in [-0.2, -0.15) is 0 Å². The second-order valence-corrected chi connectivity index (χ2v) is 12.3. The zero-order valence-electron chi connectivity index (χ0n) is 23.3. The number of imide groups is 1. The van der Waals surface area contributed by atoms with Gasteiger partial charge in [0.1, 0.15) is 21.5 Å². The smallest absolute Gasteiger partial charge is 0.248 e. The maximum absolute atomic E-state index is 14.6. The summed E-state index contributed by atoms with van der Waals surface area (Å²) >= 11 is 15.2. The van der Waals surface area contributed by atoms with E-state index in [9.17, 15) is 14.4 Å². The number of likely N-dealkylation sites (tertiary alicyclic amines) is 1. The van der Waals surface area contributed by atoms with Crippen LogP contribution in [0.4, 0.5) is 5.69 Å². The molecule has 3 amide bonds. The average molecular weight is 612 g/mol. The summed E-state index contributed by atoms with van der Waals surface area (Å²) in [4.78, 5) is 41.9. The van der Waals surface area contributed by atoms with E-state index in [2.05, 4.69) is 5.32 Å². The molecular weight excluding hydrogens is 583 g/mol. The third kappa shape index (κ3) is 3.89. The minimum absolute atomic E-state index is 0.116. The van der Waals surface area contributed by atoms with Crippen LogP contribution < -0.4 is 10.1 Å². The maximum Gasteiger partial charge on any atom is 0.248 e. The topological polar surface area (TPSA) is 75.7 Å². The molecule has 8 heteroatoms. The van der Waals surface area contributed by atoms with Gasteiger partial charge in [0.05, 0.1) is 24.1 Å². The van der Waals surface area contributed by atoms with E-state index in [0.717, 1.165) is 10.5 Å². The highest BCUT2D eigenvalue weighted by molar-refractivity contribution is 6.36. The number of amides is 3. The first-order chi connectivity index (χ1) is 20.8. The lowest BCUT2D eigenvalue weighted by Gasteiger charge is -2.54. The van der Waals surface area contributed by atoms with Crippen molar-refractivity contribution in [2.24, 2.45) is 11.8 Å². The van der Waals surface area contributed by atoms with Gasteiger partial charge in [-0.3, -0.25) is 19.3 Å². The fraction of sp³-hybridized carbons (Fsp3) is 0.229. The van der Waals surface area contributed by atoms with Crippen LogP contribution in [0.3, 0.4) is 0 Å². The lowest BCUT2D eigenvalue weighted by molar-refractivity contribution is -0.146. The van der Waals surface area contributed by atoms with Crippen molar-refractivity contribution in [3.8, 4) is 5.75 Å². The number of alkyl halides is 2. The molecule has 0 spiro atoms. The number of rotatable bonds is 7. The summed E-state index contributed by atoms with van der Waals surface area (Å²) < 4.78 is 5.72. The Morgan fingerprint density at radius 1 is 0.767 bits per heavy atom. The standard InChI is InChI=1S/C35H28Cl2N2O4/c1-2-43-28-19-11-10-18-26(28)38-31(40)27(20-21-12-4-3-5-13-21)39-32(41)29-30(33(39)42)35(37)23-15-7-6-14-22(23)34(29,36)24-16-8-9-17-25(24)35/h3-19,27,29-30H,2,20H2,1H3,(H,38,40)/t27-,29-,30+,34?,35?/m0/s1. The number of halogens is 2. The van der Waals surface area contributed by atoms with Gasteiger partial charge in [0.25, 0.3) is 0 Å². The van der Waals surface area contributed by atoms with E-state index in [1.54, 1.807) is 18.2 Å². The molecule has 1 N–H and O–H groups in total. The Kier molecular flexibility index (Phi) is 6.60. The molecule has 4 aromatic rings. The second kappa shape index (κ2) is 10.2. The first-order valence-corrected chi connectivity index (χ1v) is 15.1. The van der Waals surface area contributed by atoms with Crippen molar-refractivity contribution in [1.82, 2.24) is 4.90 Å². The largest absolute Gasteiger partial charge is 0.492 e. The van der Waals surface area contributed by atoms with Gasteiger partial charge >= 0.3 is 0 Å². The predicted molar refractivity (Wildman–Crippen MR) is 165 cm³/mol. The van der Waals surface area contributed by atoms with E-state index >= 15 is 0 Å². The highest BCUT2D eigenvalue weighted by Crippen LogP contribution is 2.69. The van der Waals surface area contributed by atoms with Crippen molar-refractivity contribution in [2.45, 2.75) is 29.1 Å². The lowest BCUT2D eigenvalue weighted by Crippen LogP contribution is -2.57. The predicted octanol–water partition coefficient (Wildman–Crippen LogP) is 6.23. The Balaban J connectivity index is 1.35. The zero-order chi connectivity index (χ0) is 29.9. The first kappa shape index (κ1) is 27.7. The summed E-state index contributed by atoms with van der Waals surface area (Å²) in [6, 6.07) is 30.2. The molecule has 1 fully saturated rings. The number of anilines is 1. The van der Waals surface area contributed by atoms with Crippen molar-refractivity contribution in [2.75, 3.05) is 11.9 Å². The van der Waals surface area contributed by atoms with Gasteiger partial charge in [0.2, 0.25) is 17.7 Å². The molecule has 0 radical (unpaired) electrons. The summed E-state index contributed by atoms with van der Waals surface area (Å²) in [5, 5.41) is 2.93. The minimum atomic E-state index is -1.33. The number of nitrogens with zero attached hydrogens (tertiary/aromatic N) is 1. The summed E-state index contributed by atoms with van der Waals surface area (Å²) in [7, 11) is 0. The van der Waals surface area contributed by atoms with Gasteiger partial charge in [-0.15, -0.1) is 23.2 Å². The number of hydrogen-bond acceptors (Lipinski definition) is 4. The van der Waals surface area contributed by atoms with Gasteiger partial charge in [-0.1, -0.05) is 91.0 Å². The summed E-state index contributed by atoms with van der Waals surface area (Å²) in [5.41, 5.74) is 4.10. The fourth-order valence-electron chi connectivity index (χ4n) is 7.20. The van der Waals surface area contributed by atoms with Crippen molar-refractivity contribution in [3.63, 3.8) is 0 Å². The molecule has 1 saturated heterocycles. The number of hydrogen-bond donors (Lipinski definition) is 1. The van der Waals surface area contributed by atoms with Crippen LogP contribution in [-0.2, 0) is 30.6 Å². The molecule has 3 aliphatic carbocycles. The average Bonchev–Trinajstić information content (AvgIpc) is 3.30. The molecule has 216 valence electrons. The Bertz CT molecular complexity index is 1650. The van der Waals surface area contributed by atoms with E-state index in [-0.39, 0.29) is 6.42 Å². The summed E-state index contributed by atoms with van der Waals surface area (Å²) in [6.07, 6.45) is 0.116. The van der Waals surface area contributed by atoms with Gasteiger partial charge in [0, 0.05) is 6.42 Å². The van der Waals surface area contributed by atoms with Gasteiger partial charge in [0.15, 0.2) is 0 Å². The van der Waals surface area contributed by atoms with E-state index in [1.807, 2.05) is 91.9 Å². The molecule has 43 heavy (non-hydrogen) atoms. The van der Waals surface area contributed by atoms with Gasteiger partial charge in [-0.05, 0) is 46.9 Å². The number of para-hydroxylation sites is 2. The van der Waals surface area contributed by atoms with Crippen LogP contribution in [0.1, 0.15) is 34.7 Å². The molecule has 0 unspecified atom stereocenters. The summed E-state index contributed by atoms with van der Waals surface area (Å²) in [6.45, 7) is 2.26. The van der Waals surface area contributed by atoms with Crippen LogP contribution in [0.15, 0.2) is 103 Å². The van der Waals surface area contributed by atoms with Crippen LogP contribution in [0, 0.1) is 11.8 Å². The molecule has 2 bridgehead atoms. The van der Waals surface area contributed by atoms with Crippen molar-refractivity contribution in [3.05, 3.63) is 131 Å². The second-order valence-electron chi connectivity index (χ2n) is 11.1. The molecule has 0 saturated carbocycles. The Labute approximate surface area is 259 Å². The van der Waals surface area contributed by atoms with Crippen LogP contribution in [0.5, 0.6) is 5.75 Å². The molecule has 1 aliphatic heterocycles. The minimum Gasteiger partial charge on any atom is -0.492 e. The highest BCUT2D eigenvalue weighted by atomic mass is 35.5. The maximum atomic E-state index is 14.6. The van der Waals surface area contributed by atoms with Crippen molar-refractivity contribution < 1.29 is 19.1 Å². The normalized spacial score (nSPS) is 25.5. The Morgan fingerprint density at radius 2 is 1.23 bits per heavy atom. The zero-order valence-corrected chi connectivity index (χ0v) is 24.8. The Morgan fingerprint density at radius 3 is 1.74 bits per heavy atom. The number of nitrogens with one attached hydrogen (secondary N) is 1. The van der Waals surface area contributed by atoms with Crippen molar-refractivity contribution in [1.29, 1.82) is 0 Å². The molecule has 4 aliphatic rings. The third-order valence-electron chi connectivity index (χ3n) is 8.95. The number of carbonyl (C=O) groups is 3. The van der Waals surface area contributed by atoms with Crippen LogP contribution in [-0.4, -0.2) is 35.3 Å².